The van der Waals surface area contributed by atoms with Crippen molar-refractivity contribution < 1.29 is 4.79 Å². The van der Waals surface area contributed by atoms with E-state index in [-0.39, 0.29) is 11.8 Å². The average molecular weight is 284 g/mol. The molecule has 1 saturated heterocycles. The fourth-order valence-corrected chi connectivity index (χ4v) is 3.62. The summed E-state index contributed by atoms with van der Waals surface area (Å²) in [5.41, 5.74) is 1.87. The van der Waals surface area contributed by atoms with E-state index in [0.29, 0.717) is 6.04 Å². The van der Waals surface area contributed by atoms with Gasteiger partial charge in [0.25, 0.3) is 0 Å². The number of benzene rings is 1. The first-order valence-corrected chi connectivity index (χ1v) is 8.08. The van der Waals surface area contributed by atoms with Gasteiger partial charge in [0.1, 0.15) is 0 Å². The van der Waals surface area contributed by atoms with Gasteiger partial charge < -0.3 is 4.98 Å². The zero-order valence-corrected chi connectivity index (χ0v) is 12.9. The molecule has 112 valence electrons. The molecule has 1 fully saturated rings. The molecule has 0 aliphatic carbocycles. The third kappa shape index (κ3) is 2.62. The molecule has 1 aliphatic rings. The van der Waals surface area contributed by atoms with Crippen LogP contribution < -0.4 is 0 Å². The van der Waals surface area contributed by atoms with Crippen LogP contribution in [0.4, 0.5) is 0 Å². The molecule has 1 N–H and O–H groups in total. The van der Waals surface area contributed by atoms with Gasteiger partial charge in [0.05, 0.1) is 6.04 Å². The summed E-state index contributed by atoms with van der Waals surface area (Å²) in [6, 6.07) is 8.56. The van der Waals surface area contributed by atoms with Crippen molar-refractivity contribution in [1.29, 1.82) is 0 Å². The Labute approximate surface area is 126 Å². The third-order valence-corrected chi connectivity index (χ3v) is 4.88. The standard InChI is InChI=1S/C18H24N2O/c1-3-14-8-6-7-11-20(14)13(2)18(21)16-12-19-17-10-5-4-9-15(16)17/h4-5,9-10,12-14,19H,3,6-8,11H2,1-2H3/t13-,14-/m1/s1. The van der Waals surface area contributed by atoms with Gasteiger partial charge >= 0.3 is 0 Å². The van der Waals surface area contributed by atoms with Crippen LogP contribution >= 0.6 is 0 Å². The number of nitrogens with zero attached hydrogens (tertiary/aromatic N) is 1. The van der Waals surface area contributed by atoms with Gasteiger partial charge in [-0.15, -0.1) is 0 Å². The highest BCUT2D eigenvalue weighted by atomic mass is 16.1. The largest absolute Gasteiger partial charge is 0.360 e. The SMILES string of the molecule is CC[C@@H]1CCCCN1[C@H](C)C(=O)c1c[nH]c2ccccc12. The lowest BCUT2D eigenvalue weighted by atomic mass is 9.95. The van der Waals surface area contributed by atoms with Crippen molar-refractivity contribution >= 4 is 16.7 Å². The monoisotopic (exact) mass is 284 g/mol. The van der Waals surface area contributed by atoms with E-state index in [9.17, 15) is 4.79 Å². The first-order chi connectivity index (χ1) is 10.2. The van der Waals surface area contributed by atoms with E-state index in [0.717, 1.165) is 29.4 Å². The number of hydrogen-bond acceptors (Lipinski definition) is 2. The summed E-state index contributed by atoms with van der Waals surface area (Å²) in [6.07, 6.45) is 6.73. The second-order valence-corrected chi connectivity index (χ2v) is 6.08. The predicted octanol–water partition coefficient (Wildman–Crippen LogP) is 4.00. The molecule has 1 aliphatic heterocycles. The summed E-state index contributed by atoms with van der Waals surface area (Å²) in [6.45, 7) is 5.34. The van der Waals surface area contributed by atoms with Gasteiger partial charge in [-0.3, -0.25) is 9.69 Å². The number of aromatic nitrogens is 1. The first kappa shape index (κ1) is 14.3. The highest BCUT2D eigenvalue weighted by Crippen LogP contribution is 2.25. The predicted molar refractivity (Wildman–Crippen MR) is 86.7 cm³/mol. The lowest BCUT2D eigenvalue weighted by Gasteiger charge is -2.38. The first-order valence-electron chi connectivity index (χ1n) is 8.08. The number of aromatic amines is 1. The molecule has 2 aromatic rings. The molecular formula is C18H24N2O. The van der Waals surface area contributed by atoms with Crippen LogP contribution in [0, 0.1) is 0 Å². The molecule has 2 heterocycles. The maximum Gasteiger partial charge on any atom is 0.181 e. The number of likely N-dealkylation sites (tertiary alicyclic amines) is 1. The highest BCUT2D eigenvalue weighted by molar-refractivity contribution is 6.10. The fourth-order valence-electron chi connectivity index (χ4n) is 3.62. The summed E-state index contributed by atoms with van der Waals surface area (Å²) in [7, 11) is 0. The molecule has 21 heavy (non-hydrogen) atoms. The molecule has 3 rings (SSSR count). The number of carbonyl (C=O) groups excluding carboxylic acids is 1. The minimum Gasteiger partial charge on any atom is -0.360 e. The minimum absolute atomic E-state index is 0.0329. The number of hydrogen-bond donors (Lipinski definition) is 1. The van der Waals surface area contributed by atoms with E-state index in [1.54, 1.807) is 0 Å². The van der Waals surface area contributed by atoms with Crippen LogP contribution in [0.25, 0.3) is 10.9 Å². The normalized spacial score (nSPS) is 21.5. The molecule has 0 saturated carbocycles. The van der Waals surface area contributed by atoms with Gasteiger partial charge in [0.15, 0.2) is 5.78 Å². The second-order valence-electron chi connectivity index (χ2n) is 6.08. The number of para-hydroxylation sites is 1. The van der Waals surface area contributed by atoms with Gasteiger partial charge in [0, 0.05) is 28.7 Å². The number of nitrogens with one attached hydrogen (secondary N) is 1. The molecular weight excluding hydrogens is 260 g/mol. The molecule has 0 radical (unpaired) electrons. The van der Waals surface area contributed by atoms with Crippen molar-refractivity contribution in [3.63, 3.8) is 0 Å². The lowest BCUT2D eigenvalue weighted by Crippen LogP contribution is -2.48. The van der Waals surface area contributed by atoms with E-state index in [1.807, 2.05) is 30.5 Å². The Hall–Kier alpha value is -1.61. The van der Waals surface area contributed by atoms with Crippen molar-refractivity contribution in [2.75, 3.05) is 6.54 Å². The quantitative estimate of drug-likeness (QED) is 0.861. The van der Waals surface area contributed by atoms with Crippen molar-refractivity contribution in [3.05, 3.63) is 36.0 Å². The Morgan fingerprint density at radius 2 is 2.19 bits per heavy atom. The molecule has 1 aromatic carbocycles. The molecule has 0 amide bonds. The maximum atomic E-state index is 12.9. The number of carbonyl (C=O) groups is 1. The number of ketones is 1. The van der Waals surface area contributed by atoms with E-state index in [2.05, 4.69) is 23.7 Å². The van der Waals surface area contributed by atoms with Gasteiger partial charge in [-0.25, -0.2) is 0 Å². The van der Waals surface area contributed by atoms with E-state index < -0.39 is 0 Å². The summed E-state index contributed by atoms with van der Waals surface area (Å²) >= 11 is 0. The smallest absolute Gasteiger partial charge is 0.181 e. The van der Waals surface area contributed by atoms with Gasteiger partial charge in [0.2, 0.25) is 0 Å². The number of Topliss-reactive ketones (excluding diaryl/α,β-unsaturated/α-hetero) is 1. The summed E-state index contributed by atoms with van der Waals surface area (Å²) in [5.74, 6) is 0.243. The third-order valence-electron chi connectivity index (χ3n) is 4.88. The number of H-pyrrole nitrogens is 1. The molecule has 2 atom stereocenters. The molecule has 0 unspecified atom stereocenters. The topological polar surface area (TPSA) is 36.1 Å². The molecule has 1 aromatic heterocycles. The van der Waals surface area contributed by atoms with Crippen LogP contribution in [0.15, 0.2) is 30.5 Å². The zero-order chi connectivity index (χ0) is 14.8. The number of fused-ring (bicyclic) bond motifs is 1. The molecule has 0 spiro atoms. The van der Waals surface area contributed by atoms with Gasteiger partial charge in [-0.05, 0) is 38.8 Å². The molecule has 3 nitrogen and oxygen atoms in total. The van der Waals surface area contributed by atoms with Gasteiger partial charge in [-0.2, -0.15) is 0 Å². The molecule has 0 bridgehead atoms. The van der Waals surface area contributed by atoms with Crippen LogP contribution in [-0.4, -0.2) is 34.3 Å². The van der Waals surface area contributed by atoms with Crippen LogP contribution in [0.3, 0.4) is 0 Å². The van der Waals surface area contributed by atoms with Crippen LogP contribution in [0.5, 0.6) is 0 Å². The number of rotatable bonds is 4. The Kier molecular flexibility index (Phi) is 4.11. The Balaban J connectivity index is 1.87. The van der Waals surface area contributed by atoms with Crippen molar-refractivity contribution in [3.8, 4) is 0 Å². The Morgan fingerprint density at radius 3 is 3.00 bits per heavy atom. The van der Waals surface area contributed by atoms with Crippen molar-refractivity contribution in [2.45, 2.75) is 51.6 Å². The number of piperidine rings is 1. The van der Waals surface area contributed by atoms with Crippen LogP contribution in [-0.2, 0) is 0 Å². The summed E-state index contributed by atoms with van der Waals surface area (Å²) in [4.78, 5) is 18.5. The summed E-state index contributed by atoms with van der Waals surface area (Å²) in [5, 5.41) is 1.04. The maximum absolute atomic E-state index is 12.9. The zero-order valence-electron chi connectivity index (χ0n) is 12.9. The van der Waals surface area contributed by atoms with Crippen LogP contribution in [0.2, 0.25) is 0 Å². The van der Waals surface area contributed by atoms with Crippen molar-refractivity contribution in [1.82, 2.24) is 9.88 Å². The van der Waals surface area contributed by atoms with Crippen molar-refractivity contribution in [2.24, 2.45) is 0 Å². The second kappa shape index (κ2) is 6.02. The minimum atomic E-state index is -0.0329. The van der Waals surface area contributed by atoms with Gasteiger partial charge in [-0.1, -0.05) is 31.5 Å². The Bertz CT molecular complexity index is 631. The lowest BCUT2D eigenvalue weighted by molar-refractivity contribution is 0.0663. The van der Waals surface area contributed by atoms with E-state index in [4.69, 9.17) is 0 Å². The average Bonchev–Trinajstić information content (AvgIpc) is 2.97. The fraction of sp³-hybridized carbons (Fsp3) is 0.500. The molecule has 3 heteroatoms. The van der Waals surface area contributed by atoms with E-state index in [1.165, 1.54) is 19.3 Å². The summed E-state index contributed by atoms with van der Waals surface area (Å²) < 4.78 is 0. The Morgan fingerprint density at radius 1 is 1.38 bits per heavy atom. The van der Waals surface area contributed by atoms with Crippen LogP contribution in [0.1, 0.15) is 49.9 Å². The van der Waals surface area contributed by atoms with E-state index >= 15 is 0 Å². The highest BCUT2D eigenvalue weighted by Gasteiger charge is 2.30.